The fraction of sp³-hybridized carbons (Fsp3) is 0.267. The van der Waals surface area contributed by atoms with Gasteiger partial charge in [0.15, 0.2) is 0 Å². The summed E-state index contributed by atoms with van der Waals surface area (Å²) < 4.78 is 69.3. The SMILES string of the molecule is O=C(N1CCc2nc(C3(c4cncc(-c5ccccc5)c4)CC3)[nH]c(=O)c2C1)C(F)(F)c1cccc(C(F)(F)F)c1. The van der Waals surface area contributed by atoms with Gasteiger partial charge in [-0.15, -0.1) is 0 Å². The van der Waals surface area contributed by atoms with E-state index >= 15 is 8.78 Å². The van der Waals surface area contributed by atoms with Crippen LogP contribution < -0.4 is 5.56 Å². The van der Waals surface area contributed by atoms with Gasteiger partial charge in [0.05, 0.1) is 28.8 Å². The van der Waals surface area contributed by atoms with Crippen LogP contribution in [0.3, 0.4) is 0 Å². The number of H-pyrrole nitrogens is 1. The Kier molecular flexibility index (Phi) is 6.28. The summed E-state index contributed by atoms with van der Waals surface area (Å²) in [6.07, 6.45) is 0.196. The number of nitrogens with one attached hydrogen (secondary N) is 1. The third-order valence-electron chi connectivity index (χ3n) is 7.78. The number of pyridine rings is 1. The number of aromatic nitrogens is 3. The summed E-state index contributed by atoms with van der Waals surface area (Å²) in [5.41, 5.74) is -0.102. The van der Waals surface area contributed by atoms with Crippen molar-refractivity contribution < 1.29 is 26.7 Å². The largest absolute Gasteiger partial charge is 0.416 e. The fourth-order valence-corrected chi connectivity index (χ4v) is 5.32. The van der Waals surface area contributed by atoms with E-state index in [1.54, 1.807) is 12.4 Å². The van der Waals surface area contributed by atoms with Gasteiger partial charge in [-0.3, -0.25) is 14.6 Å². The molecule has 4 aromatic rings. The first-order valence-electron chi connectivity index (χ1n) is 13.0. The molecule has 0 unspecified atom stereocenters. The molecule has 0 radical (unpaired) electrons. The highest BCUT2D eigenvalue weighted by Crippen LogP contribution is 2.52. The molecule has 2 aliphatic rings. The Balaban J connectivity index is 1.26. The summed E-state index contributed by atoms with van der Waals surface area (Å²) >= 11 is 0. The second-order valence-corrected chi connectivity index (χ2v) is 10.4. The zero-order chi connectivity index (χ0) is 29.0. The molecule has 1 fully saturated rings. The van der Waals surface area contributed by atoms with Gasteiger partial charge >= 0.3 is 12.1 Å². The summed E-state index contributed by atoms with van der Waals surface area (Å²) in [5.74, 6) is -5.43. The van der Waals surface area contributed by atoms with Gasteiger partial charge in [-0.2, -0.15) is 22.0 Å². The van der Waals surface area contributed by atoms with Crippen molar-refractivity contribution in [3.63, 3.8) is 0 Å². The van der Waals surface area contributed by atoms with Crippen molar-refractivity contribution >= 4 is 5.91 Å². The van der Waals surface area contributed by atoms with Gasteiger partial charge < -0.3 is 9.88 Å². The van der Waals surface area contributed by atoms with E-state index in [0.717, 1.165) is 46.6 Å². The predicted octanol–water partition coefficient (Wildman–Crippen LogP) is 5.61. The number of benzene rings is 2. The fourth-order valence-electron chi connectivity index (χ4n) is 5.32. The molecule has 1 saturated carbocycles. The van der Waals surface area contributed by atoms with E-state index < -0.39 is 46.7 Å². The number of halogens is 5. The van der Waals surface area contributed by atoms with Crippen LogP contribution in [0, 0.1) is 0 Å². The smallest absolute Gasteiger partial charge is 0.332 e. The first kappa shape index (κ1) is 26.8. The number of amides is 1. The van der Waals surface area contributed by atoms with Gasteiger partial charge in [0.25, 0.3) is 11.5 Å². The van der Waals surface area contributed by atoms with Crippen molar-refractivity contribution in [1.82, 2.24) is 19.9 Å². The molecular formula is C30H23F5N4O2. The summed E-state index contributed by atoms with van der Waals surface area (Å²) in [6.45, 7) is -0.586. The second kappa shape index (κ2) is 9.60. The lowest BCUT2D eigenvalue weighted by Gasteiger charge is -2.31. The van der Waals surface area contributed by atoms with Crippen LogP contribution in [0.2, 0.25) is 0 Å². The molecule has 0 atom stereocenters. The molecule has 11 heteroatoms. The lowest BCUT2D eigenvalue weighted by molar-refractivity contribution is -0.160. The molecule has 1 aliphatic heterocycles. The molecule has 210 valence electrons. The van der Waals surface area contributed by atoms with E-state index in [1.165, 1.54) is 0 Å². The number of carbonyl (C=O) groups excluding carboxylic acids is 1. The Labute approximate surface area is 230 Å². The molecule has 1 amide bonds. The Morgan fingerprint density at radius 2 is 1.63 bits per heavy atom. The quantitative estimate of drug-likeness (QED) is 0.319. The molecular weight excluding hydrogens is 543 g/mol. The van der Waals surface area contributed by atoms with Crippen molar-refractivity contribution in [1.29, 1.82) is 0 Å². The molecule has 3 heterocycles. The van der Waals surface area contributed by atoms with Crippen LogP contribution in [0.5, 0.6) is 0 Å². The number of nitrogens with zero attached hydrogens (tertiary/aromatic N) is 3. The number of carbonyl (C=O) groups is 1. The first-order chi connectivity index (χ1) is 19.5. The highest BCUT2D eigenvalue weighted by atomic mass is 19.4. The third kappa shape index (κ3) is 4.79. The van der Waals surface area contributed by atoms with Crippen LogP contribution in [-0.4, -0.2) is 32.3 Å². The van der Waals surface area contributed by atoms with Crippen molar-refractivity contribution in [2.24, 2.45) is 0 Å². The monoisotopic (exact) mass is 566 g/mol. The number of alkyl halides is 5. The van der Waals surface area contributed by atoms with Crippen molar-refractivity contribution in [3.8, 4) is 11.1 Å². The Morgan fingerprint density at radius 1 is 0.902 bits per heavy atom. The standard InChI is InChI=1S/C30H23F5N4O2/c31-29(32,20-7-4-8-21(14-20)30(33,34)35)27(41)39-12-9-24-23(17-39)25(40)38-26(37-24)28(10-11-28)22-13-19(15-36-16-22)18-5-2-1-3-6-18/h1-8,13-16H,9-12,17H2,(H,37,38,40). The maximum absolute atomic E-state index is 15.1. The Hall–Kier alpha value is -4.41. The zero-order valence-electron chi connectivity index (χ0n) is 21.5. The van der Waals surface area contributed by atoms with E-state index in [2.05, 4.69) is 9.97 Å². The molecule has 1 aliphatic carbocycles. The van der Waals surface area contributed by atoms with Gasteiger partial charge in [0.1, 0.15) is 5.82 Å². The molecule has 6 nitrogen and oxygen atoms in total. The maximum Gasteiger partial charge on any atom is 0.416 e. The van der Waals surface area contributed by atoms with Crippen molar-refractivity contribution in [3.05, 3.63) is 117 Å². The minimum Gasteiger partial charge on any atom is -0.332 e. The number of hydrogen-bond donors (Lipinski definition) is 1. The molecule has 1 N–H and O–H groups in total. The van der Waals surface area contributed by atoms with E-state index in [0.29, 0.717) is 17.6 Å². The minimum absolute atomic E-state index is 0.0506. The third-order valence-corrected chi connectivity index (χ3v) is 7.78. The number of aromatic amines is 1. The highest BCUT2D eigenvalue weighted by molar-refractivity contribution is 5.85. The van der Waals surface area contributed by atoms with Crippen LogP contribution in [-0.2, 0) is 35.3 Å². The molecule has 2 aromatic carbocycles. The Morgan fingerprint density at radius 3 is 2.34 bits per heavy atom. The van der Waals surface area contributed by atoms with Crippen LogP contribution in [0.4, 0.5) is 22.0 Å². The second-order valence-electron chi connectivity index (χ2n) is 10.4. The van der Waals surface area contributed by atoms with Crippen molar-refractivity contribution in [2.45, 2.75) is 43.3 Å². The van der Waals surface area contributed by atoms with E-state index in [9.17, 15) is 22.8 Å². The number of rotatable bonds is 5. The lowest BCUT2D eigenvalue weighted by Crippen LogP contribution is -2.46. The summed E-state index contributed by atoms with van der Waals surface area (Å²) in [6, 6.07) is 14.3. The maximum atomic E-state index is 15.1. The van der Waals surface area contributed by atoms with Crippen LogP contribution in [0.25, 0.3) is 11.1 Å². The predicted molar refractivity (Wildman–Crippen MR) is 139 cm³/mol. The molecule has 2 aromatic heterocycles. The minimum atomic E-state index is -4.84. The van der Waals surface area contributed by atoms with Gasteiger partial charge in [-0.25, -0.2) is 4.98 Å². The lowest BCUT2D eigenvalue weighted by atomic mass is 9.93. The van der Waals surface area contributed by atoms with Crippen LogP contribution in [0.15, 0.2) is 77.9 Å². The molecule has 6 rings (SSSR count). The zero-order valence-corrected chi connectivity index (χ0v) is 21.5. The van der Waals surface area contributed by atoms with Crippen LogP contribution >= 0.6 is 0 Å². The van der Waals surface area contributed by atoms with Gasteiger partial charge in [-0.05, 0) is 42.2 Å². The van der Waals surface area contributed by atoms with E-state index in [1.807, 2.05) is 36.4 Å². The summed E-state index contributed by atoms with van der Waals surface area (Å²) in [4.78, 5) is 38.7. The average Bonchev–Trinajstić information content (AvgIpc) is 3.79. The first-order valence-corrected chi connectivity index (χ1v) is 13.0. The summed E-state index contributed by atoms with van der Waals surface area (Å²) in [5, 5.41) is 0. The van der Waals surface area contributed by atoms with Gasteiger partial charge in [-0.1, -0.05) is 42.5 Å². The van der Waals surface area contributed by atoms with Gasteiger partial charge in [0.2, 0.25) is 0 Å². The average molecular weight is 567 g/mol. The number of hydrogen-bond acceptors (Lipinski definition) is 4. The summed E-state index contributed by atoms with van der Waals surface area (Å²) in [7, 11) is 0. The molecule has 0 bridgehead atoms. The molecule has 0 spiro atoms. The molecule has 41 heavy (non-hydrogen) atoms. The Bertz CT molecular complexity index is 1700. The topological polar surface area (TPSA) is 79.0 Å². The molecule has 0 saturated heterocycles. The van der Waals surface area contributed by atoms with Crippen LogP contribution in [0.1, 0.15) is 46.6 Å². The van der Waals surface area contributed by atoms with E-state index in [4.69, 9.17) is 4.98 Å². The van der Waals surface area contributed by atoms with E-state index in [-0.39, 0.29) is 24.6 Å². The normalized spacial score (nSPS) is 16.3. The highest BCUT2D eigenvalue weighted by Gasteiger charge is 2.50. The van der Waals surface area contributed by atoms with Crippen molar-refractivity contribution in [2.75, 3.05) is 6.54 Å². The number of fused-ring (bicyclic) bond motifs is 1. The van der Waals surface area contributed by atoms with Gasteiger partial charge in [0, 0.05) is 36.5 Å².